The van der Waals surface area contributed by atoms with E-state index in [1.807, 2.05) is 24.3 Å². The molecule has 3 nitrogen and oxygen atoms in total. The Morgan fingerprint density at radius 1 is 1.47 bits per heavy atom. The number of hydrogen-bond acceptors (Lipinski definition) is 3. The largest absolute Gasteiger partial charge is 0.490 e. The summed E-state index contributed by atoms with van der Waals surface area (Å²) >= 11 is 5.36. The molecule has 1 atom stereocenters. The standard InChI is InChI=1S/C15H19NO2S/c1-2-9-17-13-7-5-12(6-8-13)15(19)16-11-14-4-3-10-18-14/h2,5-8,14H,1,3-4,9-11H2,(H,16,19)/t14-/m0/s1. The minimum Gasteiger partial charge on any atom is -0.490 e. The quantitative estimate of drug-likeness (QED) is 0.640. The van der Waals surface area contributed by atoms with Crippen molar-refractivity contribution in [1.82, 2.24) is 5.32 Å². The van der Waals surface area contributed by atoms with E-state index in [9.17, 15) is 0 Å². The van der Waals surface area contributed by atoms with Crippen LogP contribution in [0.15, 0.2) is 36.9 Å². The molecule has 1 N–H and O–H groups in total. The third-order valence-electron chi connectivity index (χ3n) is 3.00. The SMILES string of the molecule is C=CCOc1ccc(C(=S)NC[C@@H]2CCCO2)cc1. The van der Waals surface area contributed by atoms with Gasteiger partial charge >= 0.3 is 0 Å². The first kappa shape index (κ1) is 14.0. The Kier molecular flexibility index (Phi) is 5.36. The van der Waals surface area contributed by atoms with E-state index in [0.29, 0.717) is 12.7 Å². The molecule has 19 heavy (non-hydrogen) atoms. The van der Waals surface area contributed by atoms with Gasteiger partial charge in [0.15, 0.2) is 0 Å². The van der Waals surface area contributed by atoms with Crippen LogP contribution in [0.3, 0.4) is 0 Å². The number of nitrogens with one attached hydrogen (secondary N) is 1. The van der Waals surface area contributed by atoms with E-state index in [1.165, 1.54) is 0 Å². The molecule has 102 valence electrons. The van der Waals surface area contributed by atoms with Crippen molar-refractivity contribution in [2.45, 2.75) is 18.9 Å². The molecule has 0 aliphatic carbocycles. The van der Waals surface area contributed by atoms with Gasteiger partial charge in [-0.25, -0.2) is 0 Å². The minimum atomic E-state index is 0.299. The zero-order valence-corrected chi connectivity index (χ0v) is 11.7. The van der Waals surface area contributed by atoms with Crippen LogP contribution >= 0.6 is 12.2 Å². The lowest BCUT2D eigenvalue weighted by atomic mass is 10.2. The molecular weight excluding hydrogens is 258 g/mol. The first-order chi connectivity index (χ1) is 9.29. The lowest BCUT2D eigenvalue weighted by Crippen LogP contribution is -2.31. The molecule has 1 saturated heterocycles. The van der Waals surface area contributed by atoms with Crippen LogP contribution in [0.25, 0.3) is 0 Å². The molecule has 1 aliphatic heterocycles. The van der Waals surface area contributed by atoms with Crippen molar-refractivity contribution >= 4 is 17.2 Å². The van der Waals surface area contributed by atoms with Gasteiger partial charge in [-0.1, -0.05) is 24.9 Å². The topological polar surface area (TPSA) is 30.5 Å². The Morgan fingerprint density at radius 2 is 2.26 bits per heavy atom. The van der Waals surface area contributed by atoms with E-state index in [0.717, 1.165) is 42.3 Å². The van der Waals surface area contributed by atoms with Gasteiger partial charge in [-0.15, -0.1) is 0 Å². The molecule has 0 saturated carbocycles. The molecule has 0 bridgehead atoms. The number of rotatable bonds is 6. The van der Waals surface area contributed by atoms with E-state index in [4.69, 9.17) is 21.7 Å². The summed E-state index contributed by atoms with van der Waals surface area (Å²) in [6.07, 6.45) is 4.29. The van der Waals surface area contributed by atoms with Gasteiger partial charge in [-0.05, 0) is 37.1 Å². The van der Waals surface area contributed by atoms with Crippen molar-refractivity contribution in [3.05, 3.63) is 42.5 Å². The van der Waals surface area contributed by atoms with E-state index in [2.05, 4.69) is 11.9 Å². The van der Waals surface area contributed by atoms with Gasteiger partial charge in [0, 0.05) is 18.7 Å². The molecule has 1 heterocycles. The van der Waals surface area contributed by atoms with Gasteiger partial charge in [-0.2, -0.15) is 0 Å². The van der Waals surface area contributed by atoms with E-state index in [-0.39, 0.29) is 0 Å². The highest BCUT2D eigenvalue weighted by atomic mass is 32.1. The summed E-state index contributed by atoms with van der Waals surface area (Å²) in [5, 5.41) is 3.25. The van der Waals surface area contributed by atoms with Crippen molar-refractivity contribution in [1.29, 1.82) is 0 Å². The maximum Gasteiger partial charge on any atom is 0.119 e. The molecular formula is C15H19NO2S. The van der Waals surface area contributed by atoms with Gasteiger partial charge in [-0.3, -0.25) is 0 Å². The summed E-state index contributed by atoms with van der Waals surface area (Å²) in [6.45, 7) is 5.79. The van der Waals surface area contributed by atoms with Crippen LogP contribution in [0, 0.1) is 0 Å². The van der Waals surface area contributed by atoms with Crippen LogP contribution in [-0.4, -0.2) is 30.9 Å². The zero-order chi connectivity index (χ0) is 13.5. The van der Waals surface area contributed by atoms with Gasteiger partial charge in [0.2, 0.25) is 0 Å². The molecule has 0 unspecified atom stereocenters. The molecule has 0 radical (unpaired) electrons. The van der Waals surface area contributed by atoms with Crippen LogP contribution < -0.4 is 10.1 Å². The Labute approximate surface area is 119 Å². The summed E-state index contributed by atoms with van der Waals surface area (Å²) in [6, 6.07) is 7.75. The fourth-order valence-corrected chi connectivity index (χ4v) is 2.19. The van der Waals surface area contributed by atoms with Crippen molar-refractivity contribution in [2.75, 3.05) is 19.8 Å². The smallest absolute Gasteiger partial charge is 0.119 e. The third-order valence-corrected chi connectivity index (χ3v) is 3.38. The maximum absolute atomic E-state index is 5.55. The zero-order valence-electron chi connectivity index (χ0n) is 10.9. The van der Waals surface area contributed by atoms with Crippen LogP contribution in [0.1, 0.15) is 18.4 Å². The fourth-order valence-electron chi connectivity index (χ4n) is 1.97. The molecule has 0 amide bonds. The molecule has 2 rings (SSSR count). The van der Waals surface area contributed by atoms with Crippen LogP contribution in [0.4, 0.5) is 0 Å². The van der Waals surface area contributed by atoms with E-state index >= 15 is 0 Å². The minimum absolute atomic E-state index is 0.299. The molecule has 1 aliphatic rings. The van der Waals surface area contributed by atoms with Crippen molar-refractivity contribution in [3.8, 4) is 5.75 Å². The summed E-state index contributed by atoms with van der Waals surface area (Å²) in [5.41, 5.74) is 0.999. The fraction of sp³-hybridized carbons (Fsp3) is 0.400. The summed E-state index contributed by atoms with van der Waals surface area (Å²) in [7, 11) is 0. The second-order valence-corrected chi connectivity index (χ2v) is 4.88. The van der Waals surface area contributed by atoms with Crippen molar-refractivity contribution < 1.29 is 9.47 Å². The van der Waals surface area contributed by atoms with Gasteiger partial charge in [0.05, 0.1) is 6.10 Å². The van der Waals surface area contributed by atoms with Crippen LogP contribution in [0.5, 0.6) is 5.75 Å². The molecule has 1 fully saturated rings. The Morgan fingerprint density at radius 3 is 2.89 bits per heavy atom. The Balaban J connectivity index is 1.82. The number of ether oxygens (including phenoxy) is 2. The van der Waals surface area contributed by atoms with Gasteiger partial charge < -0.3 is 14.8 Å². The second kappa shape index (κ2) is 7.26. The van der Waals surface area contributed by atoms with Crippen LogP contribution in [0.2, 0.25) is 0 Å². The van der Waals surface area contributed by atoms with E-state index < -0.39 is 0 Å². The highest BCUT2D eigenvalue weighted by Gasteiger charge is 2.15. The molecule has 1 aromatic carbocycles. The first-order valence-electron chi connectivity index (χ1n) is 6.53. The summed E-state index contributed by atoms with van der Waals surface area (Å²) in [5.74, 6) is 0.825. The van der Waals surface area contributed by atoms with Crippen molar-refractivity contribution in [2.24, 2.45) is 0 Å². The first-order valence-corrected chi connectivity index (χ1v) is 6.94. The lowest BCUT2D eigenvalue weighted by Gasteiger charge is -2.13. The number of thiocarbonyl (C=S) groups is 1. The lowest BCUT2D eigenvalue weighted by molar-refractivity contribution is 0.114. The predicted molar refractivity (Wildman–Crippen MR) is 80.8 cm³/mol. The highest BCUT2D eigenvalue weighted by Crippen LogP contribution is 2.14. The summed E-state index contributed by atoms with van der Waals surface area (Å²) < 4.78 is 11.0. The van der Waals surface area contributed by atoms with Crippen LogP contribution in [-0.2, 0) is 4.74 Å². The molecule has 4 heteroatoms. The predicted octanol–water partition coefficient (Wildman–Crippen LogP) is 2.70. The number of hydrogen-bond donors (Lipinski definition) is 1. The molecule has 0 aromatic heterocycles. The Bertz CT molecular complexity index is 424. The third kappa shape index (κ3) is 4.33. The van der Waals surface area contributed by atoms with Gasteiger partial charge in [0.1, 0.15) is 17.3 Å². The second-order valence-electron chi connectivity index (χ2n) is 4.47. The monoisotopic (exact) mass is 277 g/mol. The maximum atomic E-state index is 5.55. The molecule has 0 spiro atoms. The number of benzene rings is 1. The summed E-state index contributed by atoms with van der Waals surface area (Å²) in [4.78, 5) is 0.755. The average molecular weight is 277 g/mol. The average Bonchev–Trinajstić information content (AvgIpc) is 2.96. The van der Waals surface area contributed by atoms with E-state index in [1.54, 1.807) is 6.08 Å². The van der Waals surface area contributed by atoms with Gasteiger partial charge in [0.25, 0.3) is 0 Å². The Hall–Kier alpha value is -1.39. The normalized spacial score (nSPS) is 18.0. The van der Waals surface area contributed by atoms with Crippen molar-refractivity contribution in [3.63, 3.8) is 0 Å². The highest BCUT2D eigenvalue weighted by molar-refractivity contribution is 7.80. The molecule has 1 aromatic rings.